The van der Waals surface area contributed by atoms with Crippen LogP contribution in [0.2, 0.25) is 5.02 Å². The van der Waals surface area contributed by atoms with Crippen LogP contribution >= 0.6 is 11.6 Å². The van der Waals surface area contributed by atoms with Crippen LogP contribution in [0.3, 0.4) is 0 Å². The van der Waals surface area contributed by atoms with Gasteiger partial charge in [-0.05, 0) is 44.5 Å². The van der Waals surface area contributed by atoms with Gasteiger partial charge in [-0.25, -0.2) is 8.42 Å². The van der Waals surface area contributed by atoms with Crippen molar-refractivity contribution in [1.82, 2.24) is 4.90 Å². The molecule has 2 heterocycles. The summed E-state index contributed by atoms with van der Waals surface area (Å²) in [4.78, 5) is 14.6. The Labute approximate surface area is 164 Å². The average molecular weight is 412 g/mol. The van der Waals surface area contributed by atoms with E-state index in [0.717, 1.165) is 5.76 Å². The predicted octanol–water partition coefficient (Wildman–Crippen LogP) is 3.22. The first-order chi connectivity index (χ1) is 12.7. The second-order valence-electron chi connectivity index (χ2n) is 6.73. The lowest BCUT2D eigenvalue weighted by Gasteiger charge is -2.30. The van der Waals surface area contributed by atoms with Crippen LogP contribution in [-0.4, -0.2) is 42.9 Å². The maximum atomic E-state index is 13.1. The molecule has 1 aliphatic heterocycles. The van der Waals surface area contributed by atoms with Crippen molar-refractivity contribution in [2.75, 3.05) is 11.5 Å². The number of carbonyl (C=O) groups excluding carboxylic acids is 1. The minimum atomic E-state index is -3.14. The van der Waals surface area contributed by atoms with Gasteiger partial charge in [0.05, 0.1) is 23.1 Å². The number of carbonyl (C=O) groups is 1. The number of ether oxygens (including phenoxy) is 1. The number of furan rings is 1. The Morgan fingerprint density at radius 2 is 2.07 bits per heavy atom. The summed E-state index contributed by atoms with van der Waals surface area (Å²) in [5, 5.41) is 0.411. The van der Waals surface area contributed by atoms with Gasteiger partial charge in [-0.15, -0.1) is 0 Å². The van der Waals surface area contributed by atoms with Crippen molar-refractivity contribution in [3.05, 3.63) is 52.9 Å². The number of benzene rings is 1. The number of nitrogens with zero attached hydrogens (tertiary/aromatic N) is 1. The molecule has 2 aromatic rings. The SMILES string of the molecule is Cc1ccc(CN(C(=O)[C@H](C)Oc2ccccc2Cl)[C@@H]2CCS(=O)(=O)C2)o1. The zero-order valence-corrected chi connectivity index (χ0v) is 16.8. The summed E-state index contributed by atoms with van der Waals surface area (Å²) in [7, 11) is -3.14. The van der Waals surface area contributed by atoms with Crippen LogP contribution < -0.4 is 4.74 Å². The smallest absolute Gasteiger partial charge is 0.264 e. The zero-order chi connectivity index (χ0) is 19.6. The molecule has 1 amide bonds. The van der Waals surface area contributed by atoms with Crippen molar-refractivity contribution in [3.63, 3.8) is 0 Å². The highest BCUT2D eigenvalue weighted by molar-refractivity contribution is 7.91. The van der Waals surface area contributed by atoms with Gasteiger partial charge in [-0.2, -0.15) is 0 Å². The molecule has 1 fully saturated rings. The number of hydrogen-bond donors (Lipinski definition) is 0. The van der Waals surface area contributed by atoms with E-state index in [4.69, 9.17) is 20.8 Å². The minimum Gasteiger partial charge on any atom is -0.479 e. The Balaban J connectivity index is 1.80. The monoisotopic (exact) mass is 411 g/mol. The molecule has 0 unspecified atom stereocenters. The first-order valence-corrected chi connectivity index (χ1v) is 10.9. The largest absolute Gasteiger partial charge is 0.479 e. The summed E-state index contributed by atoms with van der Waals surface area (Å²) in [6.07, 6.45) is -0.406. The molecule has 1 aromatic carbocycles. The maximum Gasteiger partial charge on any atom is 0.264 e. The molecular weight excluding hydrogens is 390 g/mol. The van der Waals surface area contributed by atoms with Crippen LogP contribution in [-0.2, 0) is 21.2 Å². The molecule has 1 saturated heterocycles. The van der Waals surface area contributed by atoms with E-state index in [0.29, 0.717) is 23.0 Å². The van der Waals surface area contributed by atoms with Crippen LogP contribution in [0, 0.1) is 6.92 Å². The van der Waals surface area contributed by atoms with E-state index in [-0.39, 0.29) is 24.0 Å². The van der Waals surface area contributed by atoms with Crippen LogP contribution in [0.1, 0.15) is 24.9 Å². The summed E-state index contributed by atoms with van der Waals surface area (Å²) >= 11 is 6.11. The van der Waals surface area contributed by atoms with E-state index in [1.807, 2.05) is 13.0 Å². The highest BCUT2D eigenvalue weighted by atomic mass is 35.5. The molecule has 0 N–H and O–H groups in total. The van der Waals surface area contributed by atoms with Crippen LogP contribution in [0.25, 0.3) is 0 Å². The molecule has 0 saturated carbocycles. The fourth-order valence-electron chi connectivity index (χ4n) is 3.16. The molecule has 0 bridgehead atoms. The number of aryl methyl sites for hydroxylation is 1. The lowest BCUT2D eigenvalue weighted by Crippen LogP contribution is -2.46. The zero-order valence-electron chi connectivity index (χ0n) is 15.2. The molecular formula is C19H22ClNO5S. The standard InChI is InChI=1S/C19H22ClNO5S/c1-13-7-8-16(25-13)11-21(15-9-10-27(23,24)12-15)19(22)14(2)26-18-6-4-3-5-17(18)20/h3-8,14-15H,9-12H2,1-2H3/t14-,15+/m0/s1. The normalized spacial score (nSPS) is 19.6. The van der Waals surface area contributed by atoms with E-state index in [1.165, 1.54) is 0 Å². The Kier molecular flexibility index (Phi) is 5.81. The molecule has 27 heavy (non-hydrogen) atoms. The van der Waals surface area contributed by atoms with Gasteiger partial charge >= 0.3 is 0 Å². The number of halogens is 1. The molecule has 0 radical (unpaired) electrons. The highest BCUT2D eigenvalue weighted by Gasteiger charge is 2.37. The first-order valence-electron chi connectivity index (χ1n) is 8.72. The molecule has 1 aliphatic rings. The Morgan fingerprint density at radius 3 is 2.67 bits per heavy atom. The Hall–Kier alpha value is -1.99. The van der Waals surface area contributed by atoms with E-state index in [1.54, 1.807) is 42.2 Å². The third-order valence-corrected chi connectivity index (χ3v) is 6.61. The van der Waals surface area contributed by atoms with Gasteiger partial charge in [0.2, 0.25) is 0 Å². The van der Waals surface area contributed by atoms with E-state index < -0.39 is 22.0 Å². The number of para-hydroxylation sites is 1. The second kappa shape index (κ2) is 7.94. The predicted molar refractivity (Wildman–Crippen MR) is 103 cm³/mol. The number of hydrogen-bond acceptors (Lipinski definition) is 5. The molecule has 146 valence electrons. The molecule has 0 spiro atoms. The topological polar surface area (TPSA) is 76.8 Å². The lowest BCUT2D eigenvalue weighted by molar-refractivity contribution is -0.140. The van der Waals surface area contributed by atoms with Crippen molar-refractivity contribution in [2.45, 2.75) is 39.0 Å². The van der Waals surface area contributed by atoms with Gasteiger partial charge in [0, 0.05) is 6.04 Å². The summed E-state index contributed by atoms with van der Waals surface area (Å²) in [5.41, 5.74) is 0. The second-order valence-corrected chi connectivity index (χ2v) is 9.36. The summed E-state index contributed by atoms with van der Waals surface area (Å²) in [6, 6.07) is 10.1. The van der Waals surface area contributed by atoms with Crippen LogP contribution in [0.5, 0.6) is 5.75 Å². The van der Waals surface area contributed by atoms with Crippen molar-refractivity contribution < 1.29 is 22.4 Å². The van der Waals surface area contributed by atoms with Gasteiger partial charge in [-0.1, -0.05) is 23.7 Å². The lowest BCUT2D eigenvalue weighted by atomic mass is 10.2. The van der Waals surface area contributed by atoms with Gasteiger partial charge < -0.3 is 14.1 Å². The molecule has 3 rings (SSSR count). The maximum absolute atomic E-state index is 13.1. The fourth-order valence-corrected chi connectivity index (χ4v) is 5.07. The minimum absolute atomic E-state index is 0.0444. The van der Waals surface area contributed by atoms with Gasteiger partial charge in [-0.3, -0.25) is 4.79 Å². The van der Waals surface area contributed by atoms with E-state index >= 15 is 0 Å². The summed E-state index contributed by atoms with van der Waals surface area (Å²) in [5.74, 6) is 1.49. The number of amides is 1. The summed E-state index contributed by atoms with van der Waals surface area (Å²) in [6.45, 7) is 3.65. The average Bonchev–Trinajstić information content (AvgIpc) is 3.19. The number of sulfone groups is 1. The van der Waals surface area contributed by atoms with Crippen LogP contribution in [0.4, 0.5) is 0 Å². The van der Waals surface area contributed by atoms with Crippen molar-refractivity contribution in [3.8, 4) is 5.75 Å². The molecule has 8 heteroatoms. The third kappa shape index (κ3) is 4.84. The van der Waals surface area contributed by atoms with Gasteiger partial charge in [0.15, 0.2) is 15.9 Å². The van der Waals surface area contributed by atoms with Gasteiger partial charge in [0.1, 0.15) is 17.3 Å². The molecule has 6 nitrogen and oxygen atoms in total. The van der Waals surface area contributed by atoms with E-state index in [9.17, 15) is 13.2 Å². The fraction of sp³-hybridized carbons (Fsp3) is 0.421. The Bertz CT molecular complexity index is 924. The third-order valence-electron chi connectivity index (χ3n) is 4.54. The molecule has 1 aromatic heterocycles. The quantitative estimate of drug-likeness (QED) is 0.729. The highest BCUT2D eigenvalue weighted by Crippen LogP contribution is 2.26. The Morgan fingerprint density at radius 1 is 1.33 bits per heavy atom. The van der Waals surface area contributed by atoms with Crippen molar-refractivity contribution in [2.24, 2.45) is 0 Å². The first kappa shape index (κ1) is 19.8. The molecule has 0 aliphatic carbocycles. The van der Waals surface area contributed by atoms with Crippen LogP contribution in [0.15, 0.2) is 40.8 Å². The molecule has 2 atom stereocenters. The van der Waals surface area contributed by atoms with Crippen molar-refractivity contribution >= 4 is 27.3 Å². The number of rotatable bonds is 6. The van der Waals surface area contributed by atoms with E-state index in [2.05, 4.69) is 0 Å². The van der Waals surface area contributed by atoms with Gasteiger partial charge in [0.25, 0.3) is 5.91 Å². The summed E-state index contributed by atoms with van der Waals surface area (Å²) < 4.78 is 35.2. The van der Waals surface area contributed by atoms with Crippen molar-refractivity contribution in [1.29, 1.82) is 0 Å².